The smallest absolute Gasteiger partial charge is 0.111 e. The van der Waals surface area contributed by atoms with Gasteiger partial charge in [-0.3, -0.25) is 0 Å². The zero-order valence-corrected chi connectivity index (χ0v) is 11.8. The number of hydrogen-bond acceptors (Lipinski definition) is 3. The fourth-order valence-corrected chi connectivity index (χ4v) is 2.26. The Kier molecular flexibility index (Phi) is 4.93. The van der Waals surface area contributed by atoms with E-state index in [4.69, 9.17) is 11.6 Å². The van der Waals surface area contributed by atoms with Crippen LogP contribution in [0.2, 0.25) is 5.02 Å². The number of aliphatic hydroxyl groups is 1. The molecule has 1 N–H and O–H groups in total. The van der Waals surface area contributed by atoms with Gasteiger partial charge in [-0.05, 0) is 30.5 Å². The zero-order chi connectivity index (χ0) is 13.7. The topological polar surface area (TPSA) is 50.9 Å². The molecule has 4 nitrogen and oxygen atoms in total. The molecule has 1 aromatic heterocycles. The first-order chi connectivity index (χ1) is 9.24. The molecule has 102 valence electrons. The van der Waals surface area contributed by atoms with Gasteiger partial charge < -0.3 is 5.11 Å². The van der Waals surface area contributed by atoms with E-state index in [0.29, 0.717) is 12.2 Å². The van der Waals surface area contributed by atoms with Crippen molar-refractivity contribution in [1.29, 1.82) is 0 Å². The quantitative estimate of drug-likeness (QED) is 0.885. The lowest BCUT2D eigenvalue weighted by Crippen LogP contribution is -2.07. The summed E-state index contributed by atoms with van der Waals surface area (Å²) in [5.41, 5.74) is 2.78. The van der Waals surface area contributed by atoms with E-state index in [0.717, 1.165) is 35.5 Å². The number of hydrogen-bond donors (Lipinski definition) is 1. The minimum absolute atomic E-state index is 0.0609. The minimum Gasteiger partial charge on any atom is -0.390 e. The second-order valence-corrected chi connectivity index (χ2v) is 4.97. The predicted molar refractivity (Wildman–Crippen MR) is 75.1 cm³/mol. The van der Waals surface area contributed by atoms with Gasteiger partial charge in [-0.15, -0.1) is 5.10 Å². The lowest BCUT2D eigenvalue weighted by molar-refractivity contribution is 0.275. The lowest BCUT2D eigenvalue weighted by atomic mass is 10.1. The van der Waals surface area contributed by atoms with Crippen LogP contribution in [0.15, 0.2) is 24.3 Å². The highest BCUT2D eigenvalue weighted by molar-refractivity contribution is 6.30. The third-order valence-corrected chi connectivity index (χ3v) is 3.29. The standard InChI is InChI=1S/C14H18ClN3O/c1-2-3-7-14-13(10-19)16-17-18(14)9-11-5-4-6-12(15)8-11/h4-6,8,19H,2-3,7,9-10H2,1H3. The van der Waals surface area contributed by atoms with Gasteiger partial charge in [-0.1, -0.05) is 42.3 Å². The van der Waals surface area contributed by atoms with Gasteiger partial charge in [0.15, 0.2) is 0 Å². The SMILES string of the molecule is CCCCc1c(CO)nnn1Cc1cccc(Cl)c1. The average molecular weight is 280 g/mol. The molecule has 0 amide bonds. The molecule has 5 heteroatoms. The molecule has 0 spiro atoms. The molecule has 19 heavy (non-hydrogen) atoms. The molecule has 1 aromatic carbocycles. The van der Waals surface area contributed by atoms with Crippen molar-refractivity contribution in [3.8, 4) is 0 Å². The second kappa shape index (κ2) is 6.68. The second-order valence-electron chi connectivity index (χ2n) is 4.53. The third-order valence-electron chi connectivity index (χ3n) is 3.06. The summed E-state index contributed by atoms with van der Waals surface area (Å²) in [6, 6.07) is 7.71. The van der Waals surface area contributed by atoms with E-state index < -0.39 is 0 Å². The highest BCUT2D eigenvalue weighted by atomic mass is 35.5. The van der Waals surface area contributed by atoms with E-state index in [-0.39, 0.29) is 6.61 Å². The van der Waals surface area contributed by atoms with Gasteiger partial charge in [0.25, 0.3) is 0 Å². The van der Waals surface area contributed by atoms with Gasteiger partial charge in [0.1, 0.15) is 5.69 Å². The molecular formula is C14H18ClN3O. The summed E-state index contributed by atoms with van der Waals surface area (Å²) >= 11 is 5.98. The van der Waals surface area contributed by atoms with Crippen molar-refractivity contribution in [1.82, 2.24) is 15.0 Å². The summed E-state index contributed by atoms with van der Waals surface area (Å²) in [4.78, 5) is 0. The highest BCUT2D eigenvalue weighted by Crippen LogP contribution is 2.15. The molecule has 0 saturated heterocycles. The fraction of sp³-hybridized carbons (Fsp3) is 0.429. The van der Waals surface area contributed by atoms with E-state index in [2.05, 4.69) is 17.2 Å². The third kappa shape index (κ3) is 3.55. The van der Waals surface area contributed by atoms with Crippen LogP contribution in [0.3, 0.4) is 0 Å². The van der Waals surface area contributed by atoms with E-state index in [9.17, 15) is 5.11 Å². The van der Waals surface area contributed by atoms with Crippen LogP contribution in [-0.4, -0.2) is 20.1 Å². The Morgan fingerprint density at radius 3 is 2.89 bits per heavy atom. The maximum atomic E-state index is 9.30. The molecule has 1 heterocycles. The lowest BCUT2D eigenvalue weighted by Gasteiger charge is -2.07. The van der Waals surface area contributed by atoms with Crippen molar-refractivity contribution in [2.75, 3.05) is 0 Å². The first-order valence-electron chi connectivity index (χ1n) is 6.51. The van der Waals surface area contributed by atoms with Crippen LogP contribution in [0.4, 0.5) is 0 Å². The summed E-state index contributed by atoms with van der Waals surface area (Å²) in [6.07, 6.45) is 3.06. The van der Waals surface area contributed by atoms with Gasteiger partial charge >= 0.3 is 0 Å². The number of halogens is 1. The van der Waals surface area contributed by atoms with Crippen molar-refractivity contribution >= 4 is 11.6 Å². The van der Waals surface area contributed by atoms with Crippen molar-refractivity contribution in [2.45, 2.75) is 39.3 Å². The Labute approximate surface area is 118 Å². The van der Waals surface area contributed by atoms with Gasteiger partial charge in [-0.2, -0.15) is 0 Å². The largest absolute Gasteiger partial charge is 0.390 e. The number of benzene rings is 1. The number of aliphatic hydroxyl groups excluding tert-OH is 1. The number of nitrogens with zero attached hydrogens (tertiary/aromatic N) is 3. The van der Waals surface area contributed by atoms with Crippen LogP contribution in [0.25, 0.3) is 0 Å². The van der Waals surface area contributed by atoms with Gasteiger partial charge in [0, 0.05) is 5.02 Å². The number of rotatable bonds is 6. The van der Waals surface area contributed by atoms with E-state index >= 15 is 0 Å². The normalized spacial score (nSPS) is 10.9. The summed E-state index contributed by atoms with van der Waals surface area (Å²) in [6.45, 7) is 2.71. The highest BCUT2D eigenvalue weighted by Gasteiger charge is 2.11. The van der Waals surface area contributed by atoms with Crippen molar-refractivity contribution in [3.05, 3.63) is 46.2 Å². The molecule has 0 aliphatic rings. The Morgan fingerprint density at radius 2 is 2.21 bits per heavy atom. The van der Waals surface area contributed by atoms with Crippen LogP contribution in [0.1, 0.15) is 36.7 Å². The van der Waals surface area contributed by atoms with Crippen LogP contribution in [0, 0.1) is 0 Å². The number of aromatic nitrogens is 3. The Morgan fingerprint density at radius 1 is 1.37 bits per heavy atom. The first kappa shape index (κ1) is 14.0. The molecule has 0 saturated carbocycles. The predicted octanol–water partition coefficient (Wildman–Crippen LogP) is 2.81. The molecule has 0 unspecified atom stereocenters. The summed E-state index contributed by atoms with van der Waals surface area (Å²) in [5, 5.41) is 18.2. The Balaban J connectivity index is 2.21. The zero-order valence-electron chi connectivity index (χ0n) is 11.0. The molecule has 0 aliphatic heterocycles. The monoisotopic (exact) mass is 279 g/mol. The fourth-order valence-electron chi connectivity index (χ4n) is 2.04. The molecular weight excluding hydrogens is 262 g/mol. The molecule has 0 radical (unpaired) electrons. The van der Waals surface area contributed by atoms with Gasteiger partial charge in [-0.25, -0.2) is 4.68 Å². The Hall–Kier alpha value is -1.39. The van der Waals surface area contributed by atoms with Crippen LogP contribution >= 0.6 is 11.6 Å². The van der Waals surface area contributed by atoms with Gasteiger partial charge in [0.05, 0.1) is 18.8 Å². The maximum Gasteiger partial charge on any atom is 0.111 e. The summed E-state index contributed by atoms with van der Waals surface area (Å²) in [7, 11) is 0. The minimum atomic E-state index is -0.0609. The summed E-state index contributed by atoms with van der Waals surface area (Å²) in [5.74, 6) is 0. The Bertz CT molecular complexity index is 539. The van der Waals surface area contributed by atoms with E-state index in [1.54, 1.807) is 0 Å². The molecule has 0 aliphatic carbocycles. The van der Waals surface area contributed by atoms with E-state index in [1.165, 1.54) is 0 Å². The van der Waals surface area contributed by atoms with Crippen LogP contribution in [-0.2, 0) is 19.6 Å². The van der Waals surface area contributed by atoms with Gasteiger partial charge in [0.2, 0.25) is 0 Å². The van der Waals surface area contributed by atoms with Crippen molar-refractivity contribution in [2.24, 2.45) is 0 Å². The van der Waals surface area contributed by atoms with Crippen molar-refractivity contribution in [3.63, 3.8) is 0 Å². The van der Waals surface area contributed by atoms with E-state index in [1.807, 2.05) is 28.9 Å². The van der Waals surface area contributed by atoms with Crippen LogP contribution < -0.4 is 0 Å². The number of unbranched alkanes of at least 4 members (excludes halogenated alkanes) is 1. The molecule has 0 bridgehead atoms. The molecule has 2 rings (SSSR count). The average Bonchev–Trinajstić information content (AvgIpc) is 2.78. The maximum absolute atomic E-state index is 9.30. The van der Waals surface area contributed by atoms with Crippen molar-refractivity contribution < 1.29 is 5.11 Å². The summed E-state index contributed by atoms with van der Waals surface area (Å²) < 4.78 is 1.85. The molecule has 0 fully saturated rings. The molecule has 2 aromatic rings. The molecule has 0 atom stereocenters. The first-order valence-corrected chi connectivity index (χ1v) is 6.89. The van der Waals surface area contributed by atoms with Crippen LogP contribution in [0.5, 0.6) is 0 Å².